The van der Waals surface area contributed by atoms with Gasteiger partial charge < -0.3 is 10.0 Å². The Balaban J connectivity index is 2.09. The lowest BCUT2D eigenvalue weighted by Gasteiger charge is -2.17. The van der Waals surface area contributed by atoms with Crippen LogP contribution in [0.3, 0.4) is 0 Å². The van der Waals surface area contributed by atoms with Crippen LogP contribution < -0.4 is 0 Å². The molecule has 1 aliphatic heterocycles. The van der Waals surface area contributed by atoms with E-state index in [2.05, 4.69) is 15.9 Å². The molecule has 4 nitrogen and oxygen atoms in total. The molecule has 1 fully saturated rings. The summed E-state index contributed by atoms with van der Waals surface area (Å²) in [6, 6.07) is 5.63. The third kappa shape index (κ3) is 3.35. The van der Waals surface area contributed by atoms with E-state index in [0.29, 0.717) is 18.7 Å². The van der Waals surface area contributed by atoms with E-state index in [1.54, 1.807) is 4.90 Å². The van der Waals surface area contributed by atoms with Crippen molar-refractivity contribution in [2.24, 2.45) is 5.92 Å². The van der Waals surface area contributed by atoms with E-state index in [1.165, 1.54) is 0 Å². The fraction of sp³-hybridized carbons (Fsp3) is 0.429. The molecule has 1 heterocycles. The molecule has 1 aromatic carbocycles. The molecule has 1 unspecified atom stereocenters. The van der Waals surface area contributed by atoms with E-state index in [1.807, 2.05) is 25.1 Å². The zero-order valence-corrected chi connectivity index (χ0v) is 12.3. The molecule has 1 aromatic rings. The summed E-state index contributed by atoms with van der Waals surface area (Å²) in [5.74, 6) is -0.724. The van der Waals surface area contributed by atoms with Gasteiger partial charge in [-0.3, -0.25) is 9.59 Å². The van der Waals surface area contributed by atoms with Crippen LogP contribution in [-0.2, 0) is 4.79 Å². The maximum absolute atomic E-state index is 12.4. The van der Waals surface area contributed by atoms with Crippen molar-refractivity contribution in [1.29, 1.82) is 0 Å². The zero-order chi connectivity index (χ0) is 14.0. The van der Waals surface area contributed by atoms with E-state index in [0.717, 1.165) is 16.5 Å². The van der Waals surface area contributed by atoms with E-state index in [-0.39, 0.29) is 18.2 Å². The van der Waals surface area contributed by atoms with Crippen molar-refractivity contribution in [3.05, 3.63) is 33.8 Å². The number of hydrogen-bond donors (Lipinski definition) is 1. The minimum atomic E-state index is -0.794. The highest BCUT2D eigenvalue weighted by Gasteiger charge is 2.28. The first-order valence-corrected chi connectivity index (χ1v) is 7.04. The lowest BCUT2D eigenvalue weighted by atomic mass is 10.1. The normalized spacial score (nSPS) is 18.6. The van der Waals surface area contributed by atoms with Crippen LogP contribution in [0.15, 0.2) is 22.7 Å². The molecule has 1 aliphatic rings. The van der Waals surface area contributed by atoms with E-state index >= 15 is 0 Å². The van der Waals surface area contributed by atoms with Crippen molar-refractivity contribution in [3.63, 3.8) is 0 Å². The quantitative estimate of drug-likeness (QED) is 0.929. The zero-order valence-electron chi connectivity index (χ0n) is 10.7. The van der Waals surface area contributed by atoms with Gasteiger partial charge in [-0.15, -0.1) is 0 Å². The van der Waals surface area contributed by atoms with Gasteiger partial charge in [0, 0.05) is 29.5 Å². The molecule has 0 aliphatic carbocycles. The van der Waals surface area contributed by atoms with Gasteiger partial charge in [-0.2, -0.15) is 0 Å². The Bertz CT molecular complexity index is 515. The molecule has 1 saturated heterocycles. The smallest absolute Gasteiger partial charge is 0.303 e. The maximum Gasteiger partial charge on any atom is 0.303 e. The molecule has 19 heavy (non-hydrogen) atoms. The molecule has 102 valence electrons. The van der Waals surface area contributed by atoms with Gasteiger partial charge in [0.1, 0.15) is 0 Å². The minimum absolute atomic E-state index is 0.00770. The van der Waals surface area contributed by atoms with E-state index in [4.69, 9.17) is 5.11 Å². The van der Waals surface area contributed by atoms with Crippen LogP contribution in [0.2, 0.25) is 0 Å². The molecule has 1 N–H and O–H groups in total. The highest BCUT2D eigenvalue weighted by molar-refractivity contribution is 9.10. The number of aliphatic carboxylic acids is 1. The molecule has 0 saturated carbocycles. The summed E-state index contributed by atoms with van der Waals surface area (Å²) in [5.41, 5.74) is 1.63. The Hall–Kier alpha value is -1.36. The summed E-state index contributed by atoms with van der Waals surface area (Å²) in [7, 11) is 0. The van der Waals surface area contributed by atoms with Crippen LogP contribution in [0, 0.1) is 12.8 Å². The van der Waals surface area contributed by atoms with Gasteiger partial charge in [-0.25, -0.2) is 0 Å². The predicted molar refractivity (Wildman–Crippen MR) is 75.1 cm³/mol. The number of hydrogen-bond acceptors (Lipinski definition) is 2. The summed E-state index contributed by atoms with van der Waals surface area (Å²) < 4.78 is 0.878. The highest BCUT2D eigenvalue weighted by atomic mass is 79.9. The SMILES string of the molecule is Cc1ccc(Br)cc1C(=O)N1CCC(CC(=O)O)C1. The summed E-state index contributed by atoms with van der Waals surface area (Å²) in [6.07, 6.45) is 0.909. The van der Waals surface area contributed by atoms with Crippen molar-refractivity contribution in [2.75, 3.05) is 13.1 Å². The average molecular weight is 326 g/mol. The van der Waals surface area contributed by atoms with E-state index < -0.39 is 5.97 Å². The lowest BCUT2D eigenvalue weighted by Crippen LogP contribution is -2.29. The van der Waals surface area contributed by atoms with Crippen LogP contribution in [0.25, 0.3) is 0 Å². The van der Waals surface area contributed by atoms with Gasteiger partial charge in [0.15, 0.2) is 0 Å². The number of carboxylic acids is 1. The Morgan fingerprint density at radius 3 is 2.89 bits per heavy atom. The molecular weight excluding hydrogens is 310 g/mol. The topological polar surface area (TPSA) is 57.6 Å². The summed E-state index contributed by atoms with van der Waals surface area (Å²) in [6.45, 7) is 3.09. The summed E-state index contributed by atoms with van der Waals surface area (Å²) in [5, 5.41) is 8.79. The Kier molecular flexibility index (Phi) is 4.24. The van der Waals surface area contributed by atoms with Crippen LogP contribution in [0.1, 0.15) is 28.8 Å². The Morgan fingerprint density at radius 2 is 2.21 bits per heavy atom. The number of carboxylic acid groups (broad SMARTS) is 1. The van der Waals surface area contributed by atoms with Gasteiger partial charge in [0.05, 0.1) is 0 Å². The second kappa shape index (κ2) is 5.74. The minimum Gasteiger partial charge on any atom is -0.481 e. The van der Waals surface area contributed by atoms with Crippen LogP contribution in [0.5, 0.6) is 0 Å². The van der Waals surface area contributed by atoms with Gasteiger partial charge in [0.25, 0.3) is 5.91 Å². The molecular formula is C14H16BrNO3. The summed E-state index contributed by atoms with van der Waals surface area (Å²) >= 11 is 3.37. The fourth-order valence-electron chi connectivity index (χ4n) is 2.43. The monoisotopic (exact) mass is 325 g/mol. The molecule has 5 heteroatoms. The first-order chi connectivity index (χ1) is 8.97. The van der Waals surface area contributed by atoms with Gasteiger partial charge in [-0.1, -0.05) is 22.0 Å². The lowest BCUT2D eigenvalue weighted by molar-refractivity contribution is -0.138. The number of amides is 1. The van der Waals surface area contributed by atoms with Crippen molar-refractivity contribution < 1.29 is 14.7 Å². The van der Waals surface area contributed by atoms with Crippen LogP contribution >= 0.6 is 15.9 Å². The molecule has 0 radical (unpaired) electrons. The third-order valence-corrected chi connectivity index (χ3v) is 3.96. The third-order valence-electron chi connectivity index (χ3n) is 3.47. The number of likely N-dealkylation sites (tertiary alicyclic amines) is 1. The van der Waals surface area contributed by atoms with Gasteiger partial charge in [-0.05, 0) is 37.0 Å². The second-order valence-corrected chi connectivity index (χ2v) is 5.88. The van der Waals surface area contributed by atoms with Crippen molar-refractivity contribution in [2.45, 2.75) is 19.8 Å². The van der Waals surface area contributed by atoms with Crippen molar-refractivity contribution in [1.82, 2.24) is 4.90 Å². The summed E-state index contributed by atoms with van der Waals surface area (Å²) in [4.78, 5) is 24.9. The number of carbonyl (C=O) groups is 2. The number of nitrogens with zero attached hydrogens (tertiary/aromatic N) is 1. The number of aryl methyl sites for hydroxylation is 1. The molecule has 1 amide bonds. The molecule has 2 rings (SSSR count). The van der Waals surface area contributed by atoms with Gasteiger partial charge >= 0.3 is 5.97 Å². The van der Waals surface area contributed by atoms with Crippen molar-refractivity contribution in [3.8, 4) is 0 Å². The van der Waals surface area contributed by atoms with Crippen LogP contribution in [0.4, 0.5) is 0 Å². The van der Waals surface area contributed by atoms with Crippen molar-refractivity contribution >= 4 is 27.8 Å². The Morgan fingerprint density at radius 1 is 1.47 bits per heavy atom. The number of rotatable bonds is 3. The maximum atomic E-state index is 12.4. The number of carbonyl (C=O) groups excluding carboxylic acids is 1. The predicted octanol–water partition coefficient (Wildman–Crippen LogP) is 2.69. The largest absolute Gasteiger partial charge is 0.481 e. The van der Waals surface area contributed by atoms with E-state index in [9.17, 15) is 9.59 Å². The number of benzene rings is 1. The second-order valence-electron chi connectivity index (χ2n) is 4.96. The Labute approximate surface area is 120 Å². The fourth-order valence-corrected chi connectivity index (χ4v) is 2.79. The van der Waals surface area contributed by atoms with Gasteiger partial charge in [0.2, 0.25) is 0 Å². The average Bonchev–Trinajstić information content (AvgIpc) is 2.79. The first-order valence-electron chi connectivity index (χ1n) is 6.24. The standard InChI is InChI=1S/C14H16BrNO3/c1-9-2-3-11(15)7-12(9)14(19)16-5-4-10(8-16)6-13(17)18/h2-3,7,10H,4-6,8H2,1H3,(H,17,18). The highest BCUT2D eigenvalue weighted by Crippen LogP contribution is 2.24. The molecule has 0 bridgehead atoms. The number of halogens is 1. The molecule has 0 aromatic heterocycles. The van der Waals surface area contributed by atoms with Crippen LogP contribution in [-0.4, -0.2) is 35.0 Å². The first kappa shape index (κ1) is 14.1. The molecule has 0 spiro atoms. The molecule has 1 atom stereocenters.